The average molecular weight is 344 g/mol. The number of carbonyl (C=O) groups excluding carboxylic acids is 1. The number of carbonyl (C=O) groups is 1. The van der Waals surface area contributed by atoms with E-state index >= 15 is 0 Å². The number of nitrogens with zero attached hydrogens (tertiary/aromatic N) is 2. The van der Waals surface area contributed by atoms with Gasteiger partial charge in [-0.1, -0.05) is 0 Å². The maximum absolute atomic E-state index is 14.4. The molecule has 0 bridgehead atoms. The first-order chi connectivity index (χ1) is 10.9. The van der Waals surface area contributed by atoms with E-state index in [9.17, 15) is 21.5 Å². The number of hydrogen-bond donors (Lipinski definition) is 0. The molecule has 8 heteroatoms. The molecule has 1 atom stereocenters. The molecule has 0 spiro atoms. The summed E-state index contributed by atoms with van der Waals surface area (Å²) in [5.74, 6) is -0.967. The molecule has 2 heterocycles. The average Bonchev–Trinajstić information content (AvgIpc) is 2.90. The predicted octanol–water partition coefficient (Wildman–Crippen LogP) is 2.22. The van der Waals surface area contributed by atoms with E-state index < -0.39 is 33.6 Å². The van der Waals surface area contributed by atoms with Gasteiger partial charge in [-0.05, 0) is 37.5 Å². The van der Waals surface area contributed by atoms with E-state index in [2.05, 4.69) is 0 Å². The van der Waals surface area contributed by atoms with Gasteiger partial charge in [0.05, 0.1) is 5.69 Å². The van der Waals surface area contributed by atoms with Gasteiger partial charge in [0.15, 0.2) is 0 Å². The van der Waals surface area contributed by atoms with Crippen LogP contribution in [0, 0.1) is 5.82 Å². The van der Waals surface area contributed by atoms with E-state index in [1.165, 1.54) is 6.07 Å². The summed E-state index contributed by atoms with van der Waals surface area (Å²) in [6.45, 7) is 1.31. The third-order valence-corrected chi connectivity index (χ3v) is 5.54. The van der Waals surface area contributed by atoms with Crippen LogP contribution < -0.4 is 9.80 Å². The highest BCUT2D eigenvalue weighted by molar-refractivity contribution is 7.87. The number of amides is 1. The summed E-state index contributed by atoms with van der Waals surface area (Å²) in [5.41, 5.74) is 0.745. The van der Waals surface area contributed by atoms with Crippen LogP contribution in [-0.2, 0) is 15.0 Å². The quantitative estimate of drug-likeness (QED) is 0.789. The largest absolute Gasteiger partial charge is 0.369 e. The van der Waals surface area contributed by atoms with Gasteiger partial charge in [0.1, 0.15) is 11.1 Å². The van der Waals surface area contributed by atoms with Crippen LogP contribution >= 0.6 is 0 Å². The molecule has 23 heavy (non-hydrogen) atoms. The van der Waals surface area contributed by atoms with Gasteiger partial charge in [-0.3, -0.25) is 4.79 Å². The molecule has 1 aromatic carbocycles. The van der Waals surface area contributed by atoms with E-state index in [0.29, 0.717) is 5.69 Å². The van der Waals surface area contributed by atoms with Crippen molar-refractivity contribution in [1.82, 2.24) is 0 Å². The van der Waals surface area contributed by atoms with Gasteiger partial charge in [0.25, 0.3) is 0 Å². The zero-order valence-corrected chi connectivity index (χ0v) is 13.4. The number of hydrogen-bond acceptors (Lipinski definition) is 4. The molecule has 0 N–H and O–H groups in total. The molecule has 5 nitrogen and oxygen atoms in total. The highest BCUT2D eigenvalue weighted by Gasteiger charge is 2.39. The lowest BCUT2D eigenvalue weighted by Gasteiger charge is -2.29. The number of rotatable bonds is 3. The Hall–Kier alpha value is -1.70. The van der Waals surface area contributed by atoms with Crippen LogP contribution in [0.3, 0.4) is 0 Å². The maximum atomic E-state index is 14.4. The molecule has 0 aliphatic carbocycles. The van der Waals surface area contributed by atoms with E-state index in [1.807, 2.05) is 4.90 Å². The molecular weight excluding hydrogens is 326 g/mol. The fraction of sp³-hybridized carbons (Fsp3) is 0.533. The Balaban J connectivity index is 1.81. The van der Waals surface area contributed by atoms with Crippen molar-refractivity contribution in [3.05, 3.63) is 24.0 Å². The van der Waals surface area contributed by atoms with Crippen molar-refractivity contribution >= 4 is 27.5 Å². The minimum atomic E-state index is -4.78. The summed E-state index contributed by atoms with van der Waals surface area (Å²) < 4.78 is 49.3. The summed E-state index contributed by atoms with van der Waals surface area (Å²) in [4.78, 5) is 15.0. The Labute approximate surface area is 134 Å². The van der Waals surface area contributed by atoms with Crippen molar-refractivity contribution in [3.8, 4) is 0 Å². The van der Waals surface area contributed by atoms with Gasteiger partial charge in [0.2, 0.25) is 5.91 Å². The van der Waals surface area contributed by atoms with Gasteiger partial charge in [0, 0.05) is 31.7 Å². The molecule has 1 unspecified atom stereocenters. The number of piperidine rings is 1. The van der Waals surface area contributed by atoms with Crippen LogP contribution in [0.15, 0.2) is 18.2 Å². The van der Waals surface area contributed by atoms with Crippen LogP contribution in [0.4, 0.5) is 19.7 Å². The summed E-state index contributed by atoms with van der Waals surface area (Å²) in [6, 6.07) is 4.40. The lowest BCUT2D eigenvalue weighted by atomic mass is 10.1. The van der Waals surface area contributed by atoms with Gasteiger partial charge >= 0.3 is 10.2 Å². The van der Waals surface area contributed by atoms with Gasteiger partial charge < -0.3 is 9.80 Å². The zero-order chi connectivity index (χ0) is 16.6. The lowest BCUT2D eigenvalue weighted by molar-refractivity contribution is -0.117. The van der Waals surface area contributed by atoms with Crippen molar-refractivity contribution in [2.45, 2.75) is 30.9 Å². The standard InChI is InChI=1S/C15H18F2N2O3S/c16-13-8-11(4-5-14(13)18-6-2-1-3-7-18)19-10-12(9-15(19)20)23(17,21)22/h4-5,8,12H,1-3,6-7,9-10H2. The molecule has 0 saturated carbocycles. The zero-order valence-electron chi connectivity index (χ0n) is 12.5. The summed E-state index contributed by atoms with van der Waals surface area (Å²) >= 11 is 0. The number of benzene rings is 1. The Morgan fingerprint density at radius 2 is 1.83 bits per heavy atom. The molecule has 2 fully saturated rings. The monoisotopic (exact) mass is 344 g/mol. The normalized spacial score (nSPS) is 22.7. The first kappa shape index (κ1) is 16.2. The Morgan fingerprint density at radius 1 is 1.13 bits per heavy atom. The summed E-state index contributed by atoms with van der Waals surface area (Å²) in [6.07, 6.45) is 2.76. The second-order valence-corrected chi connectivity index (χ2v) is 7.61. The number of anilines is 2. The molecule has 126 valence electrons. The summed E-state index contributed by atoms with van der Waals surface area (Å²) in [7, 11) is -4.78. The fourth-order valence-corrected chi connectivity index (χ4v) is 3.84. The topological polar surface area (TPSA) is 57.7 Å². The van der Waals surface area contributed by atoms with Crippen LogP contribution in [0.5, 0.6) is 0 Å². The third kappa shape index (κ3) is 3.31. The second-order valence-electron chi connectivity index (χ2n) is 5.99. The molecule has 2 aliphatic rings. The number of halogens is 2. The SMILES string of the molecule is O=C1CC(S(=O)(=O)F)CN1c1ccc(N2CCCCC2)c(F)c1. The first-order valence-electron chi connectivity index (χ1n) is 7.64. The molecule has 1 amide bonds. The van der Waals surface area contributed by atoms with Crippen LogP contribution in [-0.4, -0.2) is 39.2 Å². The molecular formula is C15H18F2N2O3S. The van der Waals surface area contributed by atoms with E-state index in [4.69, 9.17) is 0 Å². The predicted molar refractivity (Wildman–Crippen MR) is 83.2 cm³/mol. The van der Waals surface area contributed by atoms with Crippen molar-refractivity contribution in [3.63, 3.8) is 0 Å². The highest BCUT2D eigenvalue weighted by Crippen LogP contribution is 2.30. The lowest BCUT2D eigenvalue weighted by Crippen LogP contribution is -2.30. The fourth-order valence-electron chi connectivity index (χ4n) is 3.17. The van der Waals surface area contributed by atoms with E-state index in [0.717, 1.165) is 37.3 Å². The van der Waals surface area contributed by atoms with E-state index in [-0.39, 0.29) is 12.2 Å². The van der Waals surface area contributed by atoms with E-state index in [1.54, 1.807) is 12.1 Å². The minimum absolute atomic E-state index is 0.263. The van der Waals surface area contributed by atoms with Crippen LogP contribution in [0.1, 0.15) is 25.7 Å². The third-order valence-electron chi connectivity index (χ3n) is 4.43. The van der Waals surface area contributed by atoms with Crippen LogP contribution in [0.2, 0.25) is 0 Å². The molecule has 2 saturated heterocycles. The van der Waals surface area contributed by atoms with Crippen LogP contribution in [0.25, 0.3) is 0 Å². The molecule has 3 rings (SSSR count). The van der Waals surface area contributed by atoms with Gasteiger partial charge in [-0.25, -0.2) is 4.39 Å². The first-order valence-corrected chi connectivity index (χ1v) is 9.09. The highest BCUT2D eigenvalue weighted by atomic mass is 32.3. The molecule has 0 aromatic heterocycles. The molecule has 2 aliphatic heterocycles. The molecule has 0 radical (unpaired) electrons. The van der Waals surface area contributed by atoms with Gasteiger partial charge in [-0.15, -0.1) is 3.89 Å². The van der Waals surface area contributed by atoms with Gasteiger partial charge in [-0.2, -0.15) is 8.42 Å². The maximum Gasteiger partial charge on any atom is 0.307 e. The Kier molecular flexibility index (Phi) is 4.27. The van der Waals surface area contributed by atoms with Crippen molar-refractivity contribution in [1.29, 1.82) is 0 Å². The Bertz CT molecular complexity index is 717. The summed E-state index contributed by atoms with van der Waals surface area (Å²) in [5, 5.41) is -1.38. The minimum Gasteiger partial charge on any atom is -0.369 e. The van der Waals surface area contributed by atoms with Crippen molar-refractivity contribution in [2.75, 3.05) is 29.4 Å². The Morgan fingerprint density at radius 3 is 2.39 bits per heavy atom. The second kappa shape index (κ2) is 6.07. The molecule has 1 aromatic rings. The smallest absolute Gasteiger partial charge is 0.307 e. The van der Waals surface area contributed by atoms with Crippen molar-refractivity contribution in [2.24, 2.45) is 0 Å². The van der Waals surface area contributed by atoms with Crippen molar-refractivity contribution < 1.29 is 21.5 Å².